The molecule has 1 aromatic carbocycles. The second-order valence-corrected chi connectivity index (χ2v) is 11.2. The molecule has 1 aliphatic carbocycles. The molecule has 2 N–H and O–H groups in total. The highest BCUT2D eigenvalue weighted by molar-refractivity contribution is 5.97. The van der Waals surface area contributed by atoms with Crippen LogP contribution in [-0.2, 0) is 11.3 Å². The summed E-state index contributed by atoms with van der Waals surface area (Å²) in [6, 6.07) is 14.9. The number of amides is 1. The Morgan fingerprint density at radius 3 is 2.48 bits per heavy atom. The van der Waals surface area contributed by atoms with E-state index in [9.17, 15) is 4.79 Å². The Bertz CT molecular complexity index is 1250. The molecule has 3 heterocycles. The number of benzene rings is 1. The summed E-state index contributed by atoms with van der Waals surface area (Å²) >= 11 is 0. The molecule has 2 fully saturated rings. The van der Waals surface area contributed by atoms with Crippen molar-refractivity contribution in [2.75, 3.05) is 57.2 Å². The van der Waals surface area contributed by atoms with Crippen LogP contribution in [-0.4, -0.2) is 84.4 Å². The molecular weight excluding hydrogens is 502 g/mol. The first-order valence-corrected chi connectivity index (χ1v) is 14.6. The molecule has 2 aromatic heterocycles. The van der Waals surface area contributed by atoms with Crippen molar-refractivity contribution in [1.82, 2.24) is 24.8 Å². The van der Waals surface area contributed by atoms with Crippen molar-refractivity contribution >= 4 is 17.7 Å². The van der Waals surface area contributed by atoms with Gasteiger partial charge < -0.3 is 24.8 Å². The van der Waals surface area contributed by atoms with E-state index < -0.39 is 0 Å². The Labute approximate surface area is 237 Å². The molecule has 3 aromatic rings. The number of hydrogen-bond donors (Lipinski definition) is 2. The average molecular weight is 546 g/mol. The Hall–Kier alpha value is -3.43. The molecule has 0 bridgehead atoms. The number of aromatic nitrogens is 3. The molecule has 1 saturated carbocycles. The molecule has 214 valence electrons. The van der Waals surface area contributed by atoms with Crippen molar-refractivity contribution < 1.29 is 9.53 Å². The van der Waals surface area contributed by atoms with E-state index in [-0.39, 0.29) is 11.9 Å². The van der Waals surface area contributed by atoms with Crippen molar-refractivity contribution in [3.8, 4) is 11.3 Å². The zero-order chi connectivity index (χ0) is 27.9. The van der Waals surface area contributed by atoms with Crippen LogP contribution in [0.3, 0.4) is 0 Å². The molecule has 0 spiro atoms. The fourth-order valence-electron chi connectivity index (χ4n) is 5.78. The summed E-state index contributed by atoms with van der Waals surface area (Å²) in [5.41, 5.74) is 4.06. The van der Waals surface area contributed by atoms with Gasteiger partial charge in [-0.25, -0.2) is 4.98 Å². The maximum atomic E-state index is 13.5. The lowest BCUT2D eigenvalue weighted by Crippen LogP contribution is -2.40. The van der Waals surface area contributed by atoms with Crippen LogP contribution in [0.2, 0.25) is 0 Å². The molecule has 0 unspecified atom stereocenters. The fraction of sp³-hybridized carbons (Fsp3) is 0.516. The van der Waals surface area contributed by atoms with E-state index in [1.807, 2.05) is 31.1 Å². The van der Waals surface area contributed by atoms with Crippen LogP contribution in [0.25, 0.3) is 11.3 Å². The van der Waals surface area contributed by atoms with Gasteiger partial charge in [0.15, 0.2) is 0 Å². The van der Waals surface area contributed by atoms with Crippen molar-refractivity contribution in [2.45, 2.75) is 57.7 Å². The smallest absolute Gasteiger partial charge is 0.253 e. The number of ether oxygens (including phenoxy) is 1. The SMILES string of the molecule is Cc1c(C(=O)NC2CCC(Nc3nccc(N(C)C)n3)CC2)cc(-c2ccccc2)n1CCCN1CCOCC1. The maximum absolute atomic E-state index is 13.5. The summed E-state index contributed by atoms with van der Waals surface area (Å²) in [5.74, 6) is 1.58. The summed E-state index contributed by atoms with van der Waals surface area (Å²) in [6.07, 6.45) is 6.63. The van der Waals surface area contributed by atoms with E-state index in [1.54, 1.807) is 6.20 Å². The second kappa shape index (κ2) is 13.3. The van der Waals surface area contributed by atoms with E-state index in [1.165, 1.54) is 0 Å². The molecule has 5 rings (SSSR count). The summed E-state index contributed by atoms with van der Waals surface area (Å²) < 4.78 is 7.82. The Morgan fingerprint density at radius 1 is 1.02 bits per heavy atom. The zero-order valence-corrected chi connectivity index (χ0v) is 24.1. The van der Waals surface area contributed by atoms with Gasteiger partial charge in [-0.1, -0.05) is 30.3 Å². The molecular formula is C31H43N7O2. The van der Waals surface area contributed by atoms with Crippen molar-refractivity contribution in [2.24, 2.45) is 0 Å². The summed E-state index contributed by atoms with van der Waals surface area (Å²) in [5, 5.41) is 6.83. The third-order valence-corrected chi connectivity index (χ3v) is 8.14. The van der Waals surface area contributed by atoms with Crippen LogP contribution in [0.15, 0.2) is 48.7 Å². The standard InChI is InChI=1S/C31H43N7O2/c1-23-27(22-28(24-8-5-4-6-9-24)38(23)17-7-16-37-18-20-40-21-19-37)30(39)33-25-10-12-26(13-11-25)34-31-32-15-14-29(35-31)36(2)3/h4-6,8-9,14-15,22,25-26H,7,10-13,16-21H2,1-3H3,(H,33,39)(H,32,34,35). The number of nitrogens with zero attached hydrogens (tertiary/aromatic N) is 5. The van der Waals surface area contributed by atoms with Crippen LogP contribution >= 0.6 is 0 Å². The molecule has 9 nitrogen and oxygen atoms in total. The predicted octanol–water partition coefficient (Wildman–Crippen LogP) is 4.19. The van der Waals surface area contributed by atoms with Gasteiger partial charge in [0.05, 0.1) is 18.8 Å². The number of rotatable bonds is 10. The van der Waals surface area contributed by atoms with Crippen LogP contribution in [0.1, 0.15) is 48.2 Å². The van der Waals surface area contributed by atoms with Crippen LogP contribution in [0.5, 0.6) is 0 Å². The molecule has 1 aliphatic heterocycles. The molecule has 1 amide bonds. The van der Waals surface area contributed by atoms with Gasteiger partial charge in [-0.3, -0.25) is 9.69 Å². The number of morpholine rings is 1. The molecule has 0 atom stereocenters. The average Bonchev–Trinajstić information content (AvgIpc) is 3.31. The molecule has 9 heteroatoms. The minimum Gasteiger partial charge on any atom is -0.379 e. The Kier molecular flexibility index (Phi) is 9.34. The first kappa shape index (κ1) is 28.1. The number of anilines is 2. The largest absolute Gasteiger partial charge is 0.379 e. The summed E-state index contributed by atoms with van der Waals surface area (Å²) in [4.78, 5) is 27.0. The molecule has 40 heavy (non-hydrogen) atoms. The first-order valence-electron chi connectivity index (χ1n) is 14.6. The van der Waals surface area contributed by atoms with Gasteiger partial charge in [0, 0.05) is 69.9 Å². The highest BCUT2D eigenvalue weighted by Gasteiger charge is 2.25. The van der Waals surface area contributed by atoms with Crippen molar-refractivity contribution in [3.05, 3.63) is 59.9 Å². The minimum atomic E-state index is 0.0278. The van der Waals surface area contributed by atoms with E-state index >= 15 is 0 Å². The van der Waals surface area contributed by atoms with E-state index in [4.69, 9.17) is 4.74 Å². The van der Waals surface area contributed by atoms with Gasteiger partial charge in [0.2, 0.25) is 5.95 Å². The Balaban J connectivity index is 1.20. The lowest BCUT2D eigenvalue weighted by Gasteiger charge is -2.29. The van der Waals surface area contributed by atoms with E-state index in [0.717, 1.165) is 99.8 Å². The molecule has 1 saturated heterocycles. The third-order valence-electron chi connectivity index (χ3n) is 8.14. The highest BCUT2D eigenvalue weighted by atomic mass is 16.5. The monoisotopic (exact) mass is 545 g/mol. The van der Waals surface area contributed by atoms with Gasteiger partial charge in [-0.05, 0) is 56.7 Å². The highest BCUT2D eigenvalue weighted by Crippen LogP contribution is 2.28. The third kappa shape index (κ3) is 7.01. The van der Waals surface area contributed by atoms with Gasteiger partial charge in [-0.2, -0.15) is 4.98 Å². The number of nitrogens with one attached hydrogen (secondary N) is 2. The van der Waals surface area contributed by atoms with Crippen molar-refractivity contribution in [1.29, 1.82) is 0 Å². The number of hydrogen-bond acceptors (Lipinski definition) is 7. The quantitative estimate of drug-likeness (QED) is 0.395. The van der Waals surface area contributed by atoms with E-state index in [0.29, 0.717) is 12.0 Å². The predicted molar refractivity (Wildman–Crippen MR) is 160 cm³/mol. The van der Waals surface area contributed by atoms with Crippen LogP contribution in [0.4, 0.5) is 11.8 Å². The second-order valence-electron chi connectivity index (χ2n) is 11.2. The van der Waals surface area contributed by atoms with Gasteiger partial charge in [0.1, 0.15) is 5.82 Å². The molecule has 2 aliphatic rings. The summed E-state index contributed by atoms with van der Waals surface area (Å²) in [6.45, 7) is 7.63. The number of carbonyl (C=O) groups excluding carboxylic acids is 1. The van der Waals surface area contributed by atoms with Crippen LogP contribution in [0, 0.1) is 6.92 Å². The lowest BCUT2D eigenvalue weighted by atomic mass is 9.91. The molecule has 0 radical (unpaired) electrons. The van der Waals surface area contributed by atoms with Gasteiger partial charge >= 0.3 is 0 Å². The number of carbonyl (C=O) groups is 1. The maximum Gasteiger partial charge on any atom is 0.253 e. The van der Waals surface area contributed by atoms with Gasteiger partial charge in [-0.15, -0.1) is 0 Å². The Morgan fingerprint density at radius 2 is 1.75 bits per heavy atom. The zero-order valence-electron chi connectivity index (χ0n) is 24.1. The normalized spacial score (nSPS) is 19.8. The van der Waals surface area contributed by atoms with E-state index in [2.05, 4.69) is 67.3 Å². The first-order chi connectivity index (χ1) is 19.5. The van der Waals surface area contributed by atoms with Crippen LogP contribution < -0.4 is 15.5 Å². The minimum absolute atomic E-state index is 0.0278. The van der Waals surface area contributed by atoms with Crippen molar-refractivity contribution in [3.63, 3.8) is 0 Å². The topological polar surface area (TPSA) is 87.6 Å². The summed E-state index contributed by atoms with van der Waals surface area (Å²) in [7, 11) is 3.95. The lowest BCUT2D eigenvalue weighted by molar-refractivity contribution is 0.0369. The fourth-order valence-corrected chi connectivity index (χ4v) is 5.78. The van der Waals surface area contributed by atoms with Gasteiger partial charge in [0.25, 0.3) is 5.91 Å².